The fourth-order valence-electron chi connectivity index (χ4n) is 3.91. The van der Waals surface area contributed by atoms with E-state index in [4.69, 9.17) is 9.15 Å². The number of furan rings is 1. The summed E-state index contributed by atoms with van der Waals surface area (Å²) in [6.45, 7) is 2.34. The van der Waals surface area contributed by atoms with E-state index < -0.39 is 27.0 Å². The zero-order valence-corrected chi connectivity index (χ0v) is 21.0. The number of carbonyl (C=O) groups excluding carboxylic acids is 3. The first kappa shape index (κ1) is 26.0. The highest BCUT2D eigenvalue weighted by Gasteiger charge is 2.40. The molecular formula is C26H27N3O7S. The minimum Gasteiger partial charge on any atom is -0.484 e. The van der Waals surface area contributed by atoms with Gasteiger partial charge < -0.3 is 24.3 Å². The Morgan fingerprint density at radius 2 is 1.57 bits per heavy atom. The summed E-state index contributed by atoms with van der Waals surface area (Å²) in [7, 11) is -4.27. The van der Waals surface area contributed by atoms with Crippen LogP contribution in [0, 0.1) is 6.92 Å². The van der Waals surface area contributed by atoms with Gasteiger partial charge >= 0.3 is 0 Å². The molecular weight excluding hydrogens is 498 g/mol. The van der Waals surface area contributed by atoms with E-state index in [9.17, 15) is 22.8 Å². The molecule has 37 heavy (non-hydrogen) atoms. The lowest BCUT2D eigenvalue weighted by Gasteiger charge is -2.36. The Bertz CT molecular complexity index is 1350. The summed E-state index contributed by atoms with van der Waals surface area (Å²) in [5, 5.41) is 0.459. The molecule has 0 bridgehead atoms. The number of nitrogens with one attached hydrogen (secondary N) is 1. The Kier molecular flexibility index (Phi) is 7.92. The maximum Gasteiger partial charge on any atom is 0.288 e. The van der Waals surface area contributed by atoms with Crippen LogP contribution in [0.1, 0.15) is 16.1 Å². The van der Waals surface area contributed by atoms with Gasteiger partial charge in [0.25, 0.3) is 17.7 Å². The van der Waals surface area contributed by atoms with Crippen LogP contribution in [0.5, 0.6) is 5.75 Å². The van der Waals surface area contributed by atoms with Crippen LogP contribution >= 0.6 is 0 Å². The molecule has 0 aliphatic carbocycles. The molecule has 1 aromatic heterocycles. The molecule has 0 spiro atoms. The van der Waals surface area contributed by atoms with E-state index in [1.165, 1.54) is 47.6 Å². The number of amides is 3. The number of sulfone groups is 1. The number of hydrogen-bond donors (Lipinski definition) is 1. The van der Waals surface area contributed by atoms with Gasteiger partial charge in [-0.25, -0.2) is 8.42 Å². The number of rotatable bonds is 8. The number of nitrogens with zero attached hydrogens (tertiary/aromatic N) is 2. The van der Waals surface area contributed by atoms with Crippen molar-refractivity contribution in [2.24, 2.45) is 0 Å². The Morgan fingerprint density at radius 1 is 0.919 bits per heavy atom. The third-order valence-corrected chi connectivity index (χ3v) is 7.87. The van der Waals surface area contributed by atoms with Gasteiger partial charge in [0.05, 0.1) is 11.2 Å². The van der Waals surface area contributed by atoms with E-state index in [1.54, 1.807) is 17.0 Å². The molecule has 1 N–H and O–H groups in total. The van der Waals surface area contributed by atoms with Crippen LogP contribution in [0.4, 0.5) is 0 Å². The number of para-hydroxylation sites is 1. The predicted octanol–water partition coefficient (Wildman–Crippen LogP) is 1.87. The van der Waals surface area contributed by atoms with Crippen molar-refractivity contribution in [3.8, 4) is 5.75 Å². The second-order valence-electron chi connectivity index (χ2n) is 8.45. The summed E-state index contributed by atoms with van der Waals surface area (Å²) in [5.41, 5.74) is 0.910. The van der Waals surface area contributed by atoms with E-state index in [1.807, 2.05) is 25.1 Å². The smallest absolute Gasteiger partial charge is 0.288 e. The van der Waals surface area contributed by atoms with Crippen LogP contribution in [-0.4, -0.2) is 74.1 Å². The normalized spacial score (nSPS) is 14.6. The zero-order valence-electron chi connectivity index (χ0n) is 20.2. The maximum atomic E-state index is 13.4. The first-order valence-electron chi connectivity index (χ1n) is 11.7. The average Bonchev–Trinajstić information content (AvgIpc) is 3.46. The van der Waals surface area contributed by atoms with E-state index in [0.29, 0.717) is 5.75 Å². The van der Waals surface area contributed by atoms with Gasteiger partial charge in [0.2, 0.25) is 15.2 Å². The molecule has 0 radical (unpaired) electrons. The summed E-state index contributed by atoms with van der Waals surface area (Å²) in [6, 6.07) is 17.7. The third-order valence-electron chi connectivity index (χ3n) is 6.00. The van der Waals surface area contributed by atoms with Gasteiger partial charge in [-0.15, -0.1) is 0 Å². The number of ether oxygens (including phenoxy) is 1. The van der Waals surface area contributed by atoms with Crippen molar-refractivity contribution in [2.75, 3.05) is 32.8 Å². The van der Waals surface area contributed by atoms with E-state index in [2.05, 4.69) is 5.32 Å². The van der Waals surface area contributed by atoms with Gasteiger partial charge in [0.1, 0.15) is 5.75 Å². The minimum atomic E-state index is -4.27. The standard InChI is InChI=1S/C26H27N3O7S/c1-19-8-5-6-11-21(19)36-18-23(30)28-13-15-29(16-14-28)26(32)25(27-24(31)22-12-7-17-35-22)37(33,34)20-9-3-2-4-10-20/h2-12,17,25H,13-16,18H2,1H3,(H,27,31). The Morgan fingerprint density at radius 3 is 2.22 bits per heavy atom. The molecule has 1 fully saturated rings. The van der Waals surface area contributed by atoms with Crippen LogP contribution in [0.25, 0.3) is 0 Å². The zero-order chi connectivity index (χ0) is 26.4. The molecule has 2 heterocycles. The van der Waals surface area contributed by atoms with E-state index >= 15 is 0 Å². The molecule has 3 amide bonds. The second-order valence-corrected chi connectivity index (χ2v) is 10.5. The van der Waals surface area contributed by atoms with Crippen LogP contribution in [-0.2, 0) is 19.4 Å². The van der Waals surface area contributed by atoms with Gasteiger partial charge in [-0.2, -0.15) is 0 Å². The molecule has 3 aromatic rings. The number of hydrogen-bond acceptors (Lipinski definition) is 7. The Labute approximate surface area is 214 Å². The highest BCUT2D eigenvalue weighted by atomic mass is 32.2. The van der Waals surface area contributed by atoms with E-state index in [-0.39, 0.29) is 49.3 Å². The Hall–Kier alpha value is -4.12. The highest BCUT2D eigenvalue weighted by molar-refractivity contribution is 7.92. The Balaban J connectivity index is 1.43. The van der Waals surface area contributed by atoms with Crippen LogP contribution < -0.4 is 10.1 Å². The van der Waals surface area contributed by atoms with Crippen molar-refractivity contribution < 1.29 is 32.0 Å². The molecule has 1 unspecified atom stereocenters. The molecule has 1 atom stereocenters. The SMILES string of the molecule is Cc1ccccc1OCC(=O)N1CCN(C(=O)C(NC(=O)c2ccco2)S(=O)(=O)c2ccccc2)CC1. The van der Waals surface area contributed by atoms with Crippen molar-refractivity contribution in [1.82, 2.24) is 15.1 Å². The van der Waals surface area contributed by atoms with Crippen molar-refractivity contribution in [1.29, 1.82) is 0 Å². The predicted molar refractivity (Wildman–Crippen MR) is 133 cm³/mol. The third kappa shape index (κ3) is 6.00. The fraction of sp³-hybridized carbons (Fsp3) is 0.269. The second kappa shape index (κ2) is 11.3. The molecule has 194 valence electrons. The largest absolute Gasteiger partial charge is 0.484 e. The van der Waals surface area contributed by atoms with Crippen LogP contribution in [0.2, 0.25) is 0 Å². The van der Waals surface area contributed by atoms with Gasteiger partial charge in [0.15, 0.2) is 12.4 Å². The lowest BCUT2D eigenvalue weighted by molar-refractivity contribution is -0.140. The molecule has 4 rings (SSSR count). The minimum absolute atomic E-state index is 0.102. The van der Waals surface area contributed by atoms with Crippen LogP contribution in [0.15, 0.2) is 82.3 Å². The summed E-state index contributed by atoms with van der Waals surface area (Å²) < 4.78 is 37.4. The molecule has 11 heteroatoms. The molecule has 10 nitrogen and oxygen atoms in total. The van der Waals surface area contributed by atoms with Gasteiger partial charge in [0, 0.05) is 26.2 Å². The van der Waals surface area contributed by atoms with Crippen molar-refractivity contribution in [3.05, 3.63) is 84.3 Å². The first-order chi connectivity index (χ1) is 17.8. The van der Waals surface area contributed by atoms with Gasteiger partial charge in [-0.3, -0.25) is 14.4 Å². The average molecular weight is 526 g/mol. The number of aryl methyl sites for hydroxylation is 1. The highest BCUT2D eigenvalue weighted by Crippen LogP contribution is 2.19. The van der Waals surface area contributed by atoms with Gasteiger partial charge in [-0.1, -0.05) is 36.4 Å². The summed E-state index contributed by atoms with van der Waals surface area (Å²) in [6.07, 6.45) is 1.27. The fourth-order valence-corrected chi connectivity index (χ4v) is 5.39. The summed E-state index contributed by atoms with van der Waals surface area (Å²) in [5.74, 6) is -1.36. The topological polar surface area (TPSA) is 126 Å². The number of piperazine rings is 1. The molecule has 1 aliphatic rings. The lowest BCUT2D eigenvalue weighted by atomic mass is 10.2. The summed E-state index contributed by atoms with van der Waals surface area (Å²) in [4.78, 5) is 41.5. The first-order valence-corrected chi connectivity index (χ1v) is 13.2. The lowest BCUT2D eigenvalue weighted by Crippen LogP contribution is -2.58. The quantitative estimate of drug-likeness (QED) is 0.476. The van der Waals surface area contributed by atoms with Gasteiger partial charge in [-0.05, 0) is 42.8 Å². The molecule has 2 aromatic carbocycles. The molecule has 1 saturated heterocycles. The molecule has 0 saturated carbocycles. The van der Waals surface area contributed by atoms with Crippen molar-refractivity contribution in [3.63, 3.8) is 0 Å². The van der Waals surface area contributed by atoms with Crippen LogP contribution in [0.3, 0.4) is 0 Å². The van der Waals surface area contributed by atoms with E-state index in [0.717, 1.165) is 5.56 Å². The maximum absolute atomic E-state index is 13.4. The molecule has 1 aliphatic heterocycles. The summed E-state index contributed by atoms with van der Waals surface area (Å²) >= 11 is 0. The number of carbonyl (C=O) groups is 3. The monoisotopic (exact) mass is 525 g/mol. The van der Waals surface area contributed by atoms with Crippen molar-refractivity contribution in [2.45, 2.75) is 17.2 Å². The number of benzene rings is 2. The van der Waals surface area contributed by atoms with Crippen molar-refractivity contribution >= 4 is 27.6 Å².